The summed E-state index contributed by atoms with van der Waals surface area (Å²) in [6, 6.07) is 85.3. The topological polar surface area (TPSA) is 51.6 Å². The van der Waals surface area contributed by atoms with Crippen molar-refractivity contribution in [3.8, 4) is 89.8 Å². The molecule has 2 aromatic heterocycles. The van der Waals surface area contributed by atoms with Crippen molar-refractivity contribution in [1.82, 2.24) is 19.9 Å². The summed E-state index contributed by atoms with van der Waals surface area (Å²) < 4.78 is 0. The molecule has 0 fully saturated rings. The Morgan fingerprint density at radius 2 is 0.515 bits per heavy atom. The molecular weight excluding hydrogens is 801 g/mol. The second-order valence-electron chi connectivity index (χ2n) is 16.7. The molecule has 2 heterocycles. The van der Waals surface area contributed by atoms with Gasteiger partial charge in [-0.25, -0.2) is 19.9 Å². The van der Waals surface area contributed by atoms with Crippen molar-refractivity contribution >= 4 is 32.6 Å². The van der Waals surface area contributed by atoms with Crippen LogP contribution in [-0.4, -0.2) is 19.9 Å². The molecule has 0 N–H and O–H groups in total. The minimum absolute atomic E-state index is 0.684. The fourth-order valence-electron chi connectivity index (χ4n) is 9.04. The summed E-state index contributed by atoms with van der Waals surface area (Å²) in [5.41, 5.74) is 17.0. The van der Waals surface area contributed by atoms with E-state index in [-0.39, 0.29) is 0 Å². The maximum absolute atomic E-state index is 5.28. The Bertz CT molecular complexity index is 3480. The van der Waals surface area contributed by atoms with Gasteiger partial charge in [0.15, 0.2) is 11.6 Å². The number of fused-ring (bicyclic) bond motifs is 3. The number of aromatic nitrogens is 4. The van der Waals surface area contributed by atoms with Crippen LogP contribution in [0.5, 0.6) is 0 Å². The summed E-state index contributed by atoms with van der Waals surface area (Å²) >= 11 is 0. The first kappa shape index (κ1) is 38.8. The van der Waals surface area contributed by atoms with E-state index in [1.54, 1.807) is 0 Å². The molecule has 0 saturated carbocycles. The largest absolute Gasteiger partial charge is 0.228 e. The third-order valence-electron chi connectivity index (χ3n) is 12.5. The van der Waals surface area contributed by atoms with Crippen LogP contribution >= 0.6 is 0 Å². The Morgan fingerprint density at radius 1 is 0.197 bits per heavy atom. The van der Waals surface area contributed by atoms with Gasteiger partial charge in [-0.05, 0) is 91.7 Å². The molecule has 4 heteroatoms. The van der Waals surface area contributed by atoms with Crippen molar-refractivity contribution < 1.29 is 0 Å². The SMILES string of the molecule is c1ccc(-c2ccc(-c3cccc(-c4nc(-c5ccc6cc(-c7nc(-c8cccc(-c9ccc(-c%10ccccc%10)cc9)c8)c8ccccc8n7)ccc6c5)nc5ccccc45)c3)cc2)cc1. The lowest BCUT2D eigenvalue weighted by atomic mass is 9.97. The van der Waals surface area contributed by atoms with Gasteiger partial charge in [0.2, 0.25) is 0 Å². The number of para-hydroxylation sites is 2. The van der Waals surface area contributed by atoms with Gasteiger partial charge in [0.25, 0.3) is 0 Å². The molecule has 0 saturated heterocycles. The predicted molar refractivity (Wildman–Crippen MR) is 274 cm³/mol. The van der Waals surface area contributed by atoms with Gasteiger partial charge in [-0.15, -0.1) is 0 Å². The van der Waals surface area contributed by atoms with Crippen molar-refractivity contribution in [3.63, 3.8) is 0 Å². The Labute approximate surface area is 383 Å². The number of hydrogen-bond donors (Lipinski definition) is 0. The third-order valence-corrected chi connectivity index (χ3v) is 12.5. The molecule has 0 atom stereocenters. The molecule has 0 aliphatic rings. The van der Waals surface area contributed by atoms with E-state index < -0.39 is 0 Å². The number of hydrogen-bond acceptors (Lipinski definition) is 4. The number of nitrogens with zero attached hydrogens (tertiary/aromatic N) is 4. The highest BCUT2D eigenvalue weighted by Crippen LogP contribution is 2.36. The van der Waals surface area contributed by atoms with Gasteiger partial charge in [-0.2, -0.15) is 0 Å². The molecule has 308 valence electrons. The van der Waals surface area contributed by atoms with Crippen molar-refractivity contribution in [1.29, 1.82) is 0 Å². The molecule has 0 aliphatic carbocycles. The summed E-state index contributed by atoms with van der Waals surface area (Å²) in [6.07, 6.45) is 0. The van der Waals surface area contributed by atoms with Crippen LogP contribution < -0.4 is 0 Å². The highest BCUT2D eigenvalue weighted by molar-refractivity contribution is 5.97. The van der Waals surface area contributed by atoms with Gasteiger partial charge in [0.05, 0.1) is 22.4 Å². The molecule has 12 rings (SSSR count). The Kier molecular flexibility index (Phi) is 9.81. The summed E-state index contributed by atoms with van der Waals surface area (Å²) in [4.78, 5) is 20.8. The van der Waals surface area contributed by atoms with Gasteiger partial charge < -0.3 is 0 Å². The van der Waals surface area contributed by atoms with Crippen molar-refractivity contribution in [2.45, 2.75) is 0 Å². The van der Waals surface area contributed by atoms with E-state index in [0.29, 0.717) is 11.6 Å². The van der Waals surface area contributed by atoms with E-state index in [0.717, 1.165) is 88.5 Å². The van der Waals surface area contributed by atoms with Crippen LogP contribution in [0.25, 0.3) is 122 Å². The fourth-order valence-corrected chi connectivity index (χ4v) is 9.04. The van der Waals surface area contributed by atoms with E-state index in [1.165, 1.54) is 22.3 Å². The van der Waals surface area contributed by atoms with Gasteiger partial charge in [0, 0.05) is 33.0 Å². The van der Waals surface area contributed by atoms with E-state index in [4.69, 9.17) is 19.9 Å². The average molecular weight is 841 g/mol. The first-order valence-electron chi connectivity index (χ1n) is 22.3. The predicted octanol–water partition coefficient (Wildman–Crippen LogP) is 16.1. The molecule has 0 unspecified atom stereocenters. The zero-order valence-corrected chi connectivity index (χ0v) is 35.9. The molecule has 0 spiro atoms. The summed E-state index contributed by atoms with van der Waals surface area (Å²) in [5, 5.41) is 4.20. The lowest BCUT2D eigenvalue weighted by molar-refractivity contribution is 1.23. The van der Waals surface area contributed by atoms with Crippen molar-refractivity contribution in [2.75, 3.05) is 0 Å². The van der Waals surface area contributed by atoms with Gasteiger partial charge in [-0.1, -0.05) is 206 Å². The zero-order chi connectivity index (χ0) is 43.8. The van der Waals surface area contributed by atoms with Crippen LogP contribution in [0.15, 0.2) is 243 Å². The molecule has 0 radical (unpaired) electrons. The molecule has 12 aromatic rings. The molecular formula is C62H40N4. The standard InChI is InChI=1S/C62H40N4/c1-3-13-41(14-4-1)43-25-29-45(30-26-43)47-17-11-19-51(37-47)59-55-21-7-9-23-57(55)63-61(65-59)53-35-33-50-40-54(36-34-49(50)39-53)62-64-58-24-10-8-22-56(58)60(66-62)52-20-12-18-48(38-52)46-31-27-44(28-32-46)42-15-5-2-6-16-42/h1-40H. The third kappa shape index (κ3) is 7.47. The Morgan fingerprint density at radius 3 is 0.939 bits per heavy atom. The quantitative estimate of drug-likeness (QED) is 0.153. The molecule has 10 aromatic carbocycles. The molecule has 66 heavy (non-hydrogen) atoms. The minimum atomic E-state index is 0.684. The van der Waals surface area contributed by atoms with Gasteiger partial charge in [0.1, 0.15) is 0 Å². The maximum Gasteiger partial charge on any atom is 0.160 e. The summed E-state index contributed by atoms with van der Waals surface area (Å²) in [6.45, 7) is 0. The molecule has 4 nitrogen and oxygen atoms in total. The smallest absolute Gasteiger partial charge is 0.160 e. The molecule has 0 amide bonds. The second-order valence-corrected chi connectivity index (χ2v) is 16.7. The number of rotatable bonds is 8. The first-order chi connectivity index (χ1) is 32.7. The minimum Gasteiger partial charge on any atom is -0.228 e. The lowest BCUT2D eigenvalue weighted by Crippen LogP contribution is -1.96. The van der Waals surface area contributed by atoms with Gasteiger partial charge >= 0.3 is 0 Å². The fraction of sp³-hybridized carbons (Fsp3) is 0. The molecule has 0 aliphatic heterocycles. The average Bonchev–Trinajstić information content (AvgIpc) is 3.40. The zero-order valence-electron chi connectivity index (χ0n) is 35.9. The molecule has 0 bridgehead atoms. The maximum atomic E-state index is 5.28. The van der Waals surface area contributed by atoms with Crippen LogP contribution in [0.4, 0.5) is 0 Å². The van der Waals surface area contributed by atoms with Crippen LogP contribution in [0, 0.1) is 0 Å². The monoisotopic (exact) mass is 840 g/mol. The van der Waals surface area contributed by atoms with E-state index >= 15 is 0 Å². The van der Waals surface area contributed by atoms with E-state index in [1.807, 2.05) is 24.3 Å². The normalized spacial score (nSPS) is 11.3. The van der Waals surface area contributed by atoms with E-state index in [2.05, 4.69) is 218 Å². The van der Waals surface area contributed by atoms with E-state index in [9.17, 15) is 0 Å². The van der Waals surface area contributed by atoms with Crippen LogP contribution in [0.3, 0.4) is 0 Å². The second kappa shape index (κ2) is 16.7. The van der Waals surface area contributed by atoms with Crippen LogP contribution in [0.1, 0.15) is 0 Å². The lowest BCUT2D eigenvalue weighted by Gasteiger charge is -2.12. The van der Waals surface area contributed by atoms with Crippen LogP contribution in [-0.2, 0) is 0 Å². The highest BCUT2D eigenvalue weighted by Gasteiger charge is 2.16. The summed E-state index contributed by atoms with van der Waals surface area (Å²) in [5.74, 6) is 1.37. The van der Waals surface area contributed by atoms with Crippen molar-refractivity contribution in [2.24, 2.45) is 0 Å². The Hall–Kier alpha value is -8.86. The van der Waals surface area contributed by atoms with Crippen molar-refractivity contribution in [3.05, 3.63) is 243 Å². The first-order valence-corrected chi connectivity index (χ1v) is 22.3. The number of benzene rings is 10. The summed E-state index contributed by atoms with van der Waals surface area (Å²) in [7, 11) is 0. The van der Waals surface area contributed by atoms with Gasteiger partial charge in [-0.3, -0.25) is 0 Å². The highest BCUT2D eigenvalue weighted by atomic mass is 14.9. The van der Waals surface area contributed by atoms with Crippen LogP contribution in [0.2, 0.25) is 0 Å². The Balaban J connectivity index is 0.870.